The van der Waals surface area contributed by atoms with Crippen molar-refractivity contribution in [3.63, 3.8) is 0 Å². The van der Waals surface area contributed by atoms with Gasteiger partial charge in [-0.15, -0.1) is 0 Å². The molecule has 274 valence electrons. The topological polar surface area (TPSA) is 193 Å². The third-order valence-corrected chi connectivity index (χ3v) is 10.2. The number of carboxylic acid groups (broad SMARTS) is 2. The van der Waals surface area contributed by atoms with Crippen LogP contribution in [0.2, 0.25) is 0 Å². The van der Waals surface area contributed by atoms with Crippen molar-refractivity contribution in [2.24, 2.45) is 5.92 Å². The predicted octanol–water partition coefficient (Wildman–Crippen LogP) is 7.33. The molecule has 0 saturated carbocycles. The molecule has 2 unspecified atom stereocenters. The van der Waals surface area contributed by atoms with Crippen LogP contribution >= 0.6 is 0 Å². The Balaban J connectivity index is -0.000000420. The summed E-state index contributed by atoms with van der Waals surface area (Å²) in [6.45, 7) is 6.45. The van der Waals surface area contributed by atoms with Gasteiger partial charge in [-0.05, 0) is 19.3 Å². The van der Waals surface area contributed by atoms with Gasteiger partial charge >= 0.3 is 81.5 Å². The van der Waals surface area contributed by atoms with Crippen LogP contribution < -0.4 is 0 Å². The zero-order chi connectivity index (χ0) is 34.6. The van der Waals surface area contributed by atoms with Crippen molar-refractivity contribution in [1.29, 1.82) is 0 Å². The number of unbranched alkanes of at least 4 members (excludes halogenated alkanes) is 19. The predicted molar refractivity (Wildman–Crippen MR) is 193 cm³/mol. The standard InChI is InChI=1S/C20H38O7S.C12H26O4S.2Na.2H/c1-3-5-7-9-11-13-15-17(18(21)22)20(19(23)24,28(25,26)27)16-14-12-10-8-6-4-2;1-2-3-4-5-6-7-8-9-10-11-12-16-17(13,14)15;;;;/h17H,3-16H2,1-2H3,(H,21,22)(H,23,24)(H,25,26,27);2-12H2,1H3,(H,13,14,15);;;;. The van der Waals surface area contributed by atoms with Crippen LogP contribution in [0.1, 0.15) is 175 Å². The van der Waals surface area contributed by atoms with E-state index in [9.17, 15) is 41.2 Å². The summed E-state index contributed by atoms with van der Waals surface area (Å²) in [4.78, 5) is 23.8. The van der Waals surface area contributed by atoms with E-state index in [0.717, 1.165) is 64.2 Å². The molecule has 15 heteroatoms. The molecule has 0 fully saturated rings. The van der Waals surface area contributed by atoms with Gasteiger partial charge in [-0.2, -0.15) is 16.8 Å². The van der Waals surface area contributed by atoms with Gasteiger partial charge in [-0.25, -0.2) is 4.18 Å². The van der Waals surface area contributed by atoms with E-state index in [1.807, 2.05) is 0 Å². The van der Waals surface area contributed by atoms with Crippen LogP contribution in [0.5, 0.6) is 0 Å². The quantitative estimate of drug-likeness (QED) is 0.0328. The van der Waals surface area contributed by atoms with Crippen LogP contribution in [-0.2, 0) is 34.3 Å². The van der Waals surface area contributed by atoms with E-state index in [0.29, 0.717) is 25.7 Å². The molecule has 2 atom stereocenters. The molecule has 0 spiro atoms. The molecular weight excluding hydrogens is 670 g/mol. The van der Waals surface area contributed by atoms with Gasteiger partial charge in [0.1, 0.15) is 0 Å². The van der Waals surface area contributed by atoms with E-state index in [2.05, 4.69) is 25.0 Å². The maximum atomic E-state index is 12.1. The van der Waals surface area contributed by atoms with Gasteiger partial charge in [0.05, 0.1) is 12.5 Å². The zero-order valence-electron chi connectivity index (χ0n) is 28.2. The molecule has 0 aliphatic rings. The van der Waals surface area contributed by atoms with Crippen molar-refractivity contribution < 1.29 is 49.9 Å². The van der Waals surface area contributed by atoms with Crippen molar-refractivity contribution in [2.75, 3.05) is 6.61 Å². The van der Waals surface area contributed by atoms with E-state index in [1.54, 1.807) is 0 Å². The summed E-state index contributed by atoms with van der Waals surface area (Å²) in [5.41, 5.74) is 0. The first-order chi connectivity index (χ1) is 21.2. The minimum atomic E-state index is -5.10. The Kier molecular flexibility index (Phi) is 39.2. The summed E-state index contributed by atoms with van der Waals surface area (Å²) in [5.74, 6) is -4.93. The van der Waals surface area contributed by atoms with E-state index in [-0.39, 0.29) is 85.0 Å². The van der Waals surface area contributed by atoms with Crippen LogP contribution in [0, 0.1) is 5.92 Å². The van der Waals surface area contributed by atoms with Crippen molar-refractivity contribution in [3.8, 4) is 0 Å². The van der Waals surface area contributed by atoms with E-state index < -0.39 is 43.1 Å². The van der Waals surface area contributed by atoms with Gasteiger partial charge in [-0.3, -0.25) is 18.7 Å². The van der Waals surface area contributed by atoms with Gasteiger partial charge < -0.3 is 10.2 Å². The van der Waals surface area contributed by atoms with Crippen molar-refractivity contribution in [1.82, 2.24) is 0 Å². The van der Waals surface area contributed by atoms with Crippen molar-refractivity contribution in [2.45, 2.75) is 180 Å². The van der Waals surface area contributed by atoms with Gasteiger partial charge in [0.15, 0.2) is 0 Å². The van der Waals surface area contributed by atoms with Crippen molar-refractivity contribution >= 4 is 91.6 Å². The molecule has 47 heavy (non-hydrogen) atoms. The molecule has 0 bridgehead atoms. The van der Waals surface area contributed by atoms with Crippen molar-refractivity contribution in [3.05, 3.63) is 0 Å². The van der Waals surface area contributed by atoms with E-state index in [1.165, 1.54) is 44.9 Å². The second-order valence-corrected chi connectivity index (χ2v) is 14.8. The fourth-order valence-corrected chi connectivity index (χ4v) is 6.99. The Hall–Kier alpha value is 0.720. The van der Waals surface area contributed by atoms with Crippen LogP contribution in [-0.4, -0.2) is 119 Å². The van der Waals surface area contributed by atoms with Gasteiger partial charge in [0, 0.05) is 0 Å². The Morgan fingerprint density at radius 1 is 0.574 bits per heavy atom. The molecule has 0 rings (SSSR count). The molecule has 11 nitrogen and oxygen atoms in total. The third-order valence-electron chi connectivity index (χ3n) is 8.16. The molecule has 0 radical (unpaired) electrons. The Morgan fingerprint density at radius 3 is 1.23 bits per heavy atom. The first-order valence-corrected chi connectivity index (χ1v) is 20.1. The minimum absolute atomic E-state index is 0. The molecule has 0 aromatic heterocycles. The van der Waals surface area contributed by atoms with Crippen LogP contribution in [0.25, 0.3) is 0 Å². The van der Waals surface area contributed by atoms with E-state index in [4.69, 9.17) is 4.55 Å². The molecule has 0 aliphatic heterocycles. The number of aliphatic carboxylic acids is 2. The molecule has 0 aromatic carbocycles. The van der Waals surface area contributed by atoms with Gasteiger partial charge in [0.25, 0.3) is 10.1 Å². The first kappa shape index (κ1) is 54.5. The Morgan fingerprint density at radius 2 is 0.915 bits per heavy atom. The molecule has 4 N–H and O–H groups in total. The summed E-state index contributed by atoms with van der Waals surface area (Å²) in [5, 5.41) is 19.3. The molecule has 0 aliphatic carbocycles. The average Bonchev–Trinajstić information content (AvgIpc) is 2.94. The zero-order valence-corrected chi connectivity index (χ0v) is 29.9. The Bertz CT molecular complexity index is 964. The SMILES string of the molecule is CCCCCCCCC(C(=O)O)C(CCCCCCCC)(C(=O)O)S(=O)(=O)O.CCCCCCCCCCCCOS(=O)(=O)O.[NaH].[NaH]. The number of carboxylic acids is 2. The summed E-state index contributed by atoms with van der Waals surface area (Å²) >= 11 is 0. The average molecular weight is 737 g/mol. The Labute approximate surface area is 330 Å². The molecule has 0 aromatic rings. The van der Waals surface area contributed by atoms with Crippen LogP contribution in [0.3, 0.4) is 0 Å². The number of rotatable bonds is 30. The summed E-state index contributed by atoms with van der Waals surface area (Å²) < 4.78 is 64.2. The maximum absolute atomic E-state index is 12.1. The van der Waals surface area contributed by atoms with Gasteiger partial charge in [-0.1, -0.05) is 156 Å². The molecule has 0 amide bonds. The second kappa shape index (κ2) is 33.8. The summed E-state index contributed by atoms with van der Waals surface area (Å²) in [6, 6.07) is 0. The summed E-state index contributed by atoms with van der Waals surface area (Å²) in [7, 11) is -9.33. The van der Waals surface area contributed by atoms with Crippen LogP contribution in [0.15, 0.2) is 0 Å². The monoisotopic (exact) mass is 736 g/mol. The summed E-state index contributed by atoms with van der Waals surface area (Å²) in [6.07, 6.45) is 21.3. The van der Waals surface area contributed by atoms with Gasteiger partial charge in [0.2, 0.25) is 4.75 Å². The van der Waals surface area contributed by atoms with E-state index >= 15 is 0 Å². The number of hydrogen-bond acceptors (Lipinski definition) is 7. The fraction of sp³-hybridized carbons (Fsp3) is 0.938. The third kappa shape index (κ3) is 29.0. The van der Waals surface area contributed by atoms with Crippen LogP contribution in [0.4, 0.5) is 0 Å². The number of carbonyl (C=O) groups is 2. The molecule has 0 heterocycles. The first-order valence-electron chi connectivity index (χ1n) is 17.3. The number of hydrogen-bond donors (Lipinski definition) is 4. The molecular formula is C32H66Na2O11S2. The fourth-order valence-electron chi connectivity index (χ4n) is 5.46. The normalized spacial score (nSPS) is 13.3. The second-order valence-electron chi connectivity index (χ2n) is 12.1. The molecule has 0 saturated heterocycles.